The highest BCUT2D eigenvalue weighted by Gasteiger charge is 2.09. The van der Waals surface area contributed by atoms with Crippen molar-refractivity contribution < 1.29 is 14.3 Å². The Morgan fingerprint density at radius 3 is 2.31 bits per heavy atom. The van der Waals surface area contributed by atoms with E-state index in [1.54, 1.807) is 55.6 Å². The number of anilines is 2. The highest BCUT2D eigenvalue weighted by Crippen LogP contribution is 2.20. The standard InChI is InChI=1S/C26H25N3O3/c1-32-22-15-13-21(14-16-22)29-26(31)18-9-11-20(12-10-18)28-25(30)8-4-5-19-17-27-24-7-3-2-6-23(19)24/h2-3,6-7,9-17,27H,4-5,8H2,1H3,(H,28,30)(H,29,31). The van der Waals surface area contributed by atoms with E-state index in [1.165, 1.54) is 10.9 Å². The number of nitrogens with one attached hydrogen (secondary N) is 3. The van der Waals surface area contributed by atoms with Crippen LogP contribution in [0.4, 0.5) is 11.4 Å². The molecule has 3 aromatic carbocycles. The molecule has 0 aliphatic rings. The van der Waals surface area contributed by atoms with Gasteiger partial charge in [-0.3, -0.25) is 9.59 Å². The molecule has 1 heterocycles. The largest absolute Gasteiger partial charge is 0.497 e. The van der Waals surface area contributed by atoms with E-state index in [-0.39, 0.29) is 11.8 Å². The van der Waals surface area contributed by atoms with Crippen LogP contribution in [-0.2, 0) is 11.2 Å². The molecule has 3 N–H and O–H groups in total. The third-order valence-electron chi connectivity index (χ3n) is 5.30. The molecule has 0 bridgehead atoms. The van der Waals surface area contributed by atoms with Gasteiger partial charge in [0.2, 0.25) is 5.91 Å². The van der Waals surface area contributed by atoms with Gasteiger partial charge in [-0.1, -0.05) is 18.2 Å². The Labute approximate surface area is 186 Å². The molecule has 32 heavy (non-hydrogen) atoms. The van der Waals surface area contributed by atoms with Gasteiger partial charge < -0.3 is 20.4 Å². The first-order valence-electron chi connectivity index (χ1n) is 10.5. The molecule has 0 spiro atoms. The SMILES string of the molecule is COc1ccc(NC(=O)c2ccc(NC(=O)CCCc3c[nH]c4ccccc34)cc2)cc1. The Balaban J connectivity index is 1.26. The molecule has 0 aliphatic heterocycles. The molecule has 0 radical (unpaired) electrons. The molecule has 0 saturated carbocycles. The van der Waals surface area contributed by atoms with Gasteiger partial charge in [-0.2, -0.15) is 0 Å². The summed E-state index contributed by atoms with van der Waals surface area (Å²) in [6.45, 7) is 0. The van der Waals surface area contributed by atoms with Gasteiger partial charge in [0.25, 0.3) is 5.91 Å². The number of methoxy groups -OCH3 is 1. The lowest BCUT2D eigenvalue weighted by atomic mass is 10.1. The smallest absolute Gasteiger partial charge is 0.255 e. The predicted molar refractivity (Wildman–Crippen MR) is 127 cm³/mol. The van der Waals surface area contributed by atoms with Crippen molar-refractivity contribution in [3.63, 3.8) is 0 Å². The summed E-state index contributed by atoms with van der Waals surface area (Å²) in [6.07, 6.45) is 4.04. The predicted octanol–water partition coefficient (Wildman–Crippen LogP) is 5.39. The van der Waals surface area contributed by atoms with Crippen LogP contribution in [0.15, 0.2) is 79.0 Å². The molecule has 0 unspecified atom stereocenters. The maximum atomic E-state index is 12.4. The van der Waals surface area contributed by atoms with Crippen LogP contribution in [-0.4, -0.2) is 23.9 Å². The maximum absolute atomic E-state index is 12.4. The highest BCUT2D eigenvalue weighted by molar-refractivity contribution is 6.04. The Morgan fingerprint density at radius 1 is 0.875 bits per heavy atom. The maximum Gasteiger partial charge on any atom is 0.255 e. The number of benzene rings is 3. The third-order valence-corrected chi connectivity index (χ3v) is 5.30. The number of H-pyrrole nitrogens is 1. The van der Waals surface area contributed by atoms with Crippen molar-refractivity contribution in [2.45, 2.75) is 19.3 Å². The number of rotatable bonds is 8. The van der Waals surface area contributed by atoms with E-state index in [4.69, 9.17) is 4.74 Å². The number of hydrogen-bond donors (Lipinski definition) is 3. The van der Waals surface area contributed by atoms with Crippen LogP contribution >= 0.6 is 0 Å². The number of ether oxygens (including phenoxy) is 1. The number of aromatic amines is 1. The fourth-order valence-corrected chi connectivity index (χ4v) is 3.58. The third kappa shape index (κ3) is 5.16. The van der Waals surface area contributed by atoms with Gasteiger partial charge in [0.15, 0.2) is 0 Å². The summed E-state index contributed by atoms with van der Waals surface area (Å²) in [5, 5.41) is 6.94. The van der Waals surface area contributed by atoms with Crippen LogP contribution in [0.1, 0.15) is 28.8 Å². The second-order valence-electron chi connectivity index (χ2n) is 7.52. The van der Waals surface area contributed by atoms with Gasteiger partial charge in [-0.05, 0) is 73.0 Å². The summed E-state index contributed by atoms with van der Waals surface area (Å²) in [4.78, 5) is 28.0. The number of aryl methyl sites for hydroxylation is 1. The van der Waals surface area contributed by atoms with Crippen molar-refractivity contribution in [2.24, 2.45) is 0 Å². The number of fused-ring (bicyclic) bond motifs is 1. The number of amides is 2. The van der Waals surface area contributed by atoms with Crippen molar-refractivity contribution in [3.8, 4) is 5.75 Å². The van der Waals surface area contributed by atoms with Gasteiger partial charge >= 0.3 is 0 Å². The highest BCUT2D eigenvalue weighted by atomic mass is 16.5. The van der Waals surface area contributed by atoms with Crippen molar-refractivity contribution in [1.29, 1.82) is 0 Å². The van der Waals surface area contributed by atoms with Crippen molar-refractivity contribution >= 4 is 34.1 Å². The van der Waals surface area contributed by atoms with Crippen LogP contribution in [0.2, 0.25) is 0 Å². The molecule has 162 valence electrons. The first-order chi connectivity index (χ1) is 15.6. The van der Waals surface area contributed by atoms with E-state index in [1.807, 2.05) is 24.4 Å². The molecule has 2 amide bonds. The van der Waals surface area contributed by atoms with Crippen LogP contribution in [0.3, 0.4) is 0 Å². The molecular formula is C26H25N3O3. The van der Waals surface area contributed by atoms with Crippen LogP contribution in [0, 0.1) is 0 Å². The molecule has 0 fully saturated rings. The second-order valence-corrected chi connectivity index (χ2v) is 7.52. The minimum Gasteiger partial charge on any atom is -0.497 e. The quantitative estimate of drug-likeness (QED) is 0.352. The van der Waals surface area contributed by atoms with Gasteiger partial charge in [-0.25, -0.2) is 0 Å². The summed E-state index contributed by atoms with van der Waals surface area (Å²) in [5.74, 6) is 0.469. The Kier molecular flexibility index (Phi) is 6.51. The van der Waals surface area contributed by atoms with Gasteiger partial charge in [0.1, 0.15) is 5.75 Å². The van der Waals surface area contributed by atoms with E-state index in [0.29, 0.717) is 23.4 Å². The first-order valence-corrected chi connectivity index (χ1v) is 10.5. The van der Waals surface area contributed by atoms with E-state index < -0.39 is 0 Å². The summed E-state index contributed by atoms with van der Waals surface area (Å²) >= 11 is 0. The van der Waals surface area contributed by atoms with Crippen LogP contribution in [0.25, 0.3) is 10.9 Å². The van der Waals surface area contributed by atoms with Crippen molar-refractivity contribution in [2.75, 3.05) is 17.7 Å². The molecule has 0 saturated heterocycles. The minimum absolute atomic E-state index is 0.0414. The zero-order valence-corrected chi connectivity index (χ0v) is 17.9. The molecular weight excluding hydrogens is 402 g/mol. The lowest BCUT2D eigenvalue weighted by molar-refractivity contribution is -0.116. The van der Waals surface area contributed by atoms with E-state index in [2.05, 4.69) is 21.7 Å². The Morgan fingerprint density at radius 2 is 1.56 bits per heavy atom. The topological polar surface area (TPSA) is 83.2 Å². The molecule has 1 aromatic heterocycles. The molecule has 6 nitrogen and oxygen atoms in total. The summed E-state index contributed by atoms with van der Waals surface area (Å²) in [7, 11) is 1.59. The zero-order valence-electron chi connectivity index (χ0n) is 17.9. The summed E-state index contributed by atoms with van der Waals surface area (Å²) in [6, 6.07) is 22.2. The van der Waals surface area contributed by atoms with E-state index in [0.717, 1.165) is 24.1 Å². The van der Waals surface area contributed by atoms with Gasteiger partial charge in [0, 0.05) is 40.5 Å². The fraction of sp³-hybridized carbons (Fsp3) is 0.154. The summed E-state index contributed by atoms with van der Waals surface area (Å²) in [5.41, 5.74) is 4.20. The van der Waals surface area contributed by atoms with Crippen molar-refractivity contribution in [3.05, 3.63) is 90.1 Å². The van der Waals surface area contributed by atoms with Gasteiger partial charge in [-0.15, -0.1) is 0 Å². The average Bonchev–Trinajstić information content (AvgIpc) is 3.23. The Hall–Kier alpha value is -4.06. The Bertz CT molecular complexity index is 1210. The number of carbonyl (C=O) groups is 2. The fourth-order valence-electron chi connectivity index (χ4n) is 3.58. The minimum atomic E-state index is -0.216. The van der Waals surface area contributed by atoms with E-state index in [9.17, 15) is 9.59 Å². The average molecular weight is 428 g/mol. The first kappa shape index (κ1) is 21.2. The molecule has 4 aromatic rings. The number of para-hydroxylation sites is 1. The van der Waals surface area contributed by atoms with Crippen LogP contribution < -0.4 is 15.4 Å². The lowest BCUT2D eigenvalue weighted by Gasteiger charge is -2.08. The normalized spacial score (nSPS) is 10.7. The number of aromatic nitrogens is 1. The summed E-state index contributed by atoms with van der Waals surface area (Å²) < 4.78 is 5.12. The zero-order chi connectivity index (χ0) is 22.3. The number of hydrogen-bond acceptors (Lipinski definition) is 3. The molecule has 6 heteroatoms. The molecule has 0 aliphatic carbocycles. The van der Waals surface area contributed by atoms with Crippen molar-refractivity contribution in [1.82, 2.24) is 4.98 Å². The second kappa shape index (κ2) is 9.83. The van der Waals surface area contributed by atoms with Crippen LogP contribution in [0.5, 0.6) is 5.75 Å². The van der Waals surface area contributed by atoms with Gasteiger partial charge in [0.05, 0.1) is 7.11 Å². The lowest BCUT2D eigenvalue weighted by Crippen LogP contribution is -2.13. The molecule has 0 atom stereocenters. The molecule has 4 rings (SSSR count). The monoisotopic (exact) mass is 427 g/mol. The number of carbonyl (C=O) groups excluding carboxylic acids is 2. The van der Waals surface area contributed by atoms with E-state index >= 15 is 0 Å².